The molecule has 1 aromatic rings. The van der Waals surface area contributed by atoms with Gasteiger partial charge in [0.2, 0.25) is 0 Å². The highest BCUT2D eigenvalue weighted by Crippen LogP contribution is 2.46. The van der Waals surface area contributed by atoms with Crippen molar-refractivity contribution >= 4 is 8.32 Å². The molecule has 32 heavy (non-hydrogen) atoms. The average molecular weight is 469 g/mol. The van der Waals surface area contributed by atoms with Crippen LogP contribution in [0.4, 0.5) is 0 Å². The van der Waals surface area contributed by atoms with Crippen molar-refractivity contribution in [3.8, 4) is 0 Å². The summed E-state index contributed by atoms with van der Waals surface area (Å²) in [6.45, 7) is 15.1. The number of hydrogen-bond donors (Lipinski definition) is 1. The molecule has 1 N–H and O–H groups in total. The Morgan fingerprint density at radius 3 is 2.34 bits per heavy atom. The standard InChI is InChI=1S/C24H40O7Si/c1-22(2,3)32(7,8)28-15-18(25)24(16-27-14-17-12-10-9-11-13-17)20(26-6)19-21(31-24)30-23(4,5)29-19/h9-13,18-21,25H,14-16H2,1-8H3/t18-,19-,20+,21+,24+/m1/s1. The Morgan fingerprint density at radius 1 is 1.09 bits per heavy atom. The maximum absolute atomic E-state index is 11.4. The third-order valence-electron chi connectivity index (χ3n) is 6.87. The quantitative estimate of drug-likeness (QED) is 0.552. The van der Waals surface area contributed by atoms with Gasteiger partial charge in [-0.2, -0.15) is 0 Å². The zero-order valence-electron chi connectivity index (χ0n) is 20.7. The average Bonchev–Trinajstić information content (AvgIpc) is 3.14. The molecule has 0 saturated carbocycles. The molecule has 2 aliphatic rings. The molecule has 2 saturated heterocycles. The summed E-state index contributed by atoms with van der Waals surface area (Å²) >= 11 is 0. The molecule has 2 fully saturated rings. The highest BCUT2D eigenvalue weighted by Gasteiger charge is 2.65. The van der Waals surface area contributed by atoms with Gasteiger partial charge in [-0.05, 0) is 37.5 Å². The summed E-state index contributed by atoms with van der Waals surface area (Å²) in [4.78, 5) is 0. The van der Waals surface area contributed by atoms with Crippen LogP contribution in [0.2, 0.25) is 18.1 Å². The van der Waals surface area contributed by atoms with Gasteiger partial charge in [-0.25, -0.2) is 0 Å². The fraction of sp³-hybridized carbons (Fsp3) is 0.750. The second-order valence-corrected chi connectivity index (χ2v) is 15.6. The summed E-state index contributed by atoms with van der Waals surface area (Å²) < 4.78 is 36.6. The third-order valence-corrected chi connectivity index (χ3v) is 11.4. The molecule has 0 amide bonds. The molecule has 2 heterocycles. The van der Waals surface area contributed by atoms with Gasteiger partial charge in [0.15, 0.2) is 26.0 Å². The summed E-state index contributed by atoms with van der Waals surface area (Å²) in [6, 6.07) is 9.89. The van der Waals surface area contributed by atoms with E-state index in [0.29, 0.717) is 6.61 Å². The highest BCUT2D eigenvalue weighted by atomic mass is 28.4. The molecule has 5 atom stereocenters. The molecule has 8 heteroatoms. The van der Waals surface area contributed by atoms with Crippen LogP contribution in [0.25, 0.3) is 0 Å². The molecule has 0 unspecified atom stereocenters. The van der Waals surface area contributed by atoms with Crippen molar-refractivity contribution in [2.24, 2.45) is 0 Å². The van der Waals surface area contributed by atoms with E-state index in [1.54, 1.807) is 7.11 Å². The first-order valence-electron chi connectivity index (χ1n) is 11.3. The van der Waals surface area contributed by atoms with Crippen molar-refractivity contribution in [1.29, 1.82) is 0 Å². The monoisotopic (exact) mass is 468 g/mol. The molecule has 0 spiro atoms. The molecule has 7 nitrogen and oxygen atoms in total. The molecule has 0 aromatic heterocycles. The van der Waals surface area contributed by atoms with Crippen molar-refractivity contribution < 1.29 is 33.2 Å². The van der Waals surface area contributed by atoms with E-state index in [4.69, 9.17) is 28.1 Å². The number of hydrogen-bond acceptors (Lipinski definition) is 7. The number of fused-ring (bicyclic) bond motifs is 1. The van der Waals surface area contributed by atoms with Gasteiger partial charge in [-0.1, -0.05) is 51.1 Å². The summed E-state index contributed by atoms with van der Waals surface area (Å²) in [5, 5.41) is 11.4. The van der Waals surface area contributed by atoms with E-state index in [9.17, 15) is 5.11 Å². The normalized spacial score (nSPS) is 31.0. The SMILES string of the molecule is CO[C@H]1[C@H]2OC(C)(C)O[C@H]2O[C@@]1(COCc1ccccc1)[C@H](O)CO[Si](C)(C)C(C)(C)C. The van der Waals surface area contributed by atoms with Crippen LogP contribution in [0.15, 0.2) is 30.3 Å². The number of rotatable bonds is 9. The molecule has 1 aromatic carbocycles. The Hall–Kier alpha value is -0.843. The van der Waals surface area contributed by atoms with E-state index in [0.717, 1.165) is 5.56 Å². The van der Waals surface area contributed by atoms with Gasteiger partial charge in [-0.15, -0.1) is 0 Å². The number of benzene rings is 1. The Bertz CT molecular complexity index is 748. The lowest BCUT2D eigenvalue weighted by Crippen LogP contribution is -2.59. The van der Waals surface area contributed by atoms with Crippen molar-refractivity contribution in [2.75, 3.05) is 20.3 Å². The number of methoxy groups -OCH3 is 1. The summed E-state index contributed by atoms with van der Waals surface area (Å²) in [5.74, 6) is -0.786. The Labute approximate surface area is 193 Å². The van der Waals surface area contributed by atoms with E-state index < -0.39 is 44.3 Å². The Balaban J connectivity index is 1.79. The zero-order valence-corrected chi connectivity index (χ0v) is 21.7. The second kappa shape index (κ2) is 9.42. The molecule has 2 aliphatic heterocycles. The first-order valence-corrected chi connectivity index (χ1v) is 14.2. The largest absolute Gasteiger partial charge is 0.414 e. The predicted molar refractivity (Wildman–Crippen MR) is 124 cm³/mol. The minimum absolute atomic E-state index is 0.0215. The van der Waals surface area contributed by atoms with Crippen LogP contribution in [0.5, 0.6) is 0 Å². The van der Waals surface area contributed by atoms with Crippen LogP contribution in [-0.2, 0) is 34.7 Å². The maximum atomic E-state index is 11.4. The zero-order chi connectivity index (χ0) is 23.8. The van der Waals surface area contributed by atoms with Crippen molar-refractivity contribution in [3.63, 3.8) is 0 Å². The predicted octanol–water partition coefficient (Wildman–Crippen LogP) is 3.85. The molecular formula is C24H40O7Si. The van der Waals surface area contributed by atoms with Crippen molar-refractivity contribution in [3.05, 3.63) is 35.9 Å². The lowest BCUT2D eigenvalue weighted by atomic mass is 9.90. The topological polar surface area (TPSA) is 75.6 Å². The van der Waals surface area contributed by atoms with Crippen LogP contribution in [0, 0.1) is 0 Å². The van der Waals surface area contributed by atoms with Gasteiger partial charge in [0.1, 0.15) is 18.3 Å². The summed E-state index contributed by atoms with van der Waals surface area (Å²) in [7, 11) is -0.483. The van der Waals surface area contributed by atoms with Crippen LogP contribution in [-0.4, -0.2) is 69.7 Å². The number of aliphatic hydroxyl groups excluding tert-OH is 1. The van der Waals surface area contributed by atoms with Gasteiger partial charge in [0.25, 0.3) is 0 Å². The van der Waals surface area contributed by atoms with Crippen LogP contribution < -0.4 is 0 Å². The van der Waals surface area contributed by atoms with Gasteiger partial charge in [0.05, 0.1) is 19.8 Å². The van der Waals surface area contributed by atoms with E-state index in [1.807, 2.05) is 44.2 Å². The maximum Gasteiger partial charge on any atom is 0.192 e. The van der Waals surface area contributed by atoms with Crippen molar-refractivity contribution in [1.82, 2.24) is 0 Å². The fourth-order valence-electron chi connectivity index (χ4n) is 3.98. The van der Waals surface area contributed by atoms with E-state index in [2.05, 4.69) is 33.9 Å². The van der Waals surface area contributed by atoms with E-state index >= 15 is 0 Å². The lowest BCUT2D eigenvalue weighted by molar-refractivity contribution is -0.274. The molecule has 3 rings (SSSR count). The minimum Gasteiger partial charge on any atom is -0.414 e. The molecule has 0 radical (unpaired) electrons. The molecular weight excluding hydrogens is 428 g/mol. The van der Waals surface area contributed by atoms with Gasteiger partial charge in [-0.3, -0.25) is 0 Å². The molecule has 182 valence electrons. The lowest BCUT2D eigenvalue weighted by Gasteiger charge is -2.42. The highest BCUT2D eigenvalue weighted by molar-refractivity contribution is 6.74. The van der Waals surface area contributed by atoms with E-state index in [-0.39, 0.29) is 18.3 Å². The summed E-state index contributed by atoms with van der Waals surface area (Å²) in [6.07, 6.45) is -2.70. The van der Waals surface area contributed by atoms with Crippen LogP contribution in [0.1, 0.15) is 40.2 Å². The molecule has 0 bridgehead atoms. The molecule has 0 aliphatic carbocycles. The first kappa shape index (κ1) is 25.8. The van der Waals surface area contributed by atoms with E-state index in [1.165, 1.54) is 0 Å². The number of ether oxygens (including phenoxy) is 5. The Kier molecular flexibility index (Phi) is 7.59. The third kappa shape index (κ3) is 5.28. The van der Waals surface area contributed by atoms with Crippen molar-refractivity contribution in [2.45, 2.75) is 95.3 Å². The minimum atomic E-state index is -2.08. The summed E-state index contributed by atoms with van der Waals surface area (Å²) in [5.41, 5.74) is -0.145. The fourth-order valence-corrected chi connectivity index (χ4v) is 4.98. The van der Waals surface area contributed by atoms with Crippen LogP contribution >= 0.6 is 0 Å². The van der Waals surface area contributed by atoms with Crippen LogP contribution in [0.3, 0.4) is 0 Å². The first-order chi connectivity index (χ1) is 14.8. The smallest absolute Gasteiger partial charge is 0.192 e. The van der Waals surface area contributed by atoms with Gasteiger partial charge >= 0.3 is 0 Å². The van der Waals surface area contributed by atoms with Gasteiger partial charge in [0, 0.05) is 7.11 Å². The van der Waals surface area contributed by atoms with Gasteiger partial charge < -0.3 is 33.2 Å². The second-order valence-electron chi connectivity index (χ2n) is 10.8. The number of aliphatic hydroxyl groups is 1. The Morgan fingerprint density at radius 2 is 1.75 bits per heavy atom.